The largest absolute Gasteiger partial charge is 0.493 e. The number of nitrogens with one attached hydrogen (secondary N) is 2. The number of nitrogens with zero attached hydrogens (tertiary/aromatic N) is 1. The zero-order chi connectivity index (χ0) is 25.8. The van der Waals surface area contributed by atoms with Crippen molar-refractivity contribution in [1.82, 2.24) is 5.43 Å². The number of methoxy groups -OCH3 is 1. The third kappa shape index (κ3) is 5.34. The van der Waals surface area contributed by atoms with Crippen molar-refractivity contribution in [1.29, 1.82) is 0 Å². The highest BCUT2D eigenvalue weighted by atomic mass is 79.9. The van der Waals surface area contributed by atoms with Gasteiger partial charge in [0.25, 0.3) is 17.7 Å². The number of benzene rings is 3. The lowest BCUT2D eigenvalue weighted by Crippen LogP contribution is -2.35. The Bertz CT molecular complexity index is 1370. The molecular weight excluding hydrogens is 557 g/mol. The summed E-state index contributed by atoms with van der Waals surface area (Å²) in [4.78, 5) is 37.7. The Morgan fingerprint density at radius 1 is 1.17 bits per heavy atom. The fourth-order valence-corrected chi connectivity index (χ4v) is 4.00. The van der Waals surface area contributed by atoms with Gasteiger partial charge >= 0.3 is 0 Å². The van der Waals surface area contributed by atoms with Crippen LogP contribution in [0.1, 0.15) is 5.56 Å². The van der Waals surface area contributed by atoms with Gasteiger partial charge in [0.1, 0.15) is 16.4 Å². The third-order valence-corrected chi connectivity index (χ3v) is 6.50. The van der Waals surface area contributed by atoms with Gasteiger partial charge in [0.2, 0.25) is 0 Å². The van der Waals surface area contributed by atoms with E-state index in [1.165, 1.54) is 43.5 Å². The van der Waals surface area contributed by atoms with Gasteiger partial charge in [-0.1, -0.05) is 29.8 Å². The van der Waals surface area contributed by atoms with Crippen molar-refractivity contribution < 1.29 is 28.2 Å². The lowest BCUT2D eigenvalue weighted by atomic mass is 10.1. The van der Waals surface area contributed by atoms with Crippen LogP contribution in [-0.4, -0.2) is 31.4 Å². The summed E-state index contributed by atoms with van der Waals surface area (Å²) >= 11 is 9.84. The summed E-state index contributed by atoms with van der Waals surface area (Å²) in [6, 6.07) is 15.5. The maximum absolute atomic E-state index is 13.0. The van der Waals surface area contributed by atoms with Gasteiger partial charge in [-0.05, 0) is 70.0 Å². The van der Waals surface area contributed by atoms with Crippen LogP contribution in [0.2, 0.25) is 5.02 Å². The maximum Gasteiger partial charge on any atom is 0.282 e. The van der Waals surface area contributed by atoms with Crippen LogP contribution in [0.5, 0.6) is 11.5 Å². The van der Waals surface area contributed by atoms with Gasteiger partial charge in [-0.15, -0.1) is 0 Å². The second-order valence-electron chi connectivity index (χ2n) is 7.44. The van der Waals surface area contributed by atoms with Crippen LogP contribution in [0.15, 0.2) is 70.7 Å². The maximum atomic E-state index is 13.0. The fourth-order valence-electron chi connectivity index (χ4n) is 3.34. The Hall–Kier alpha value is -3.89. The number of hydrogen-bond donors (Lipinski definition) is 2. The number of carbonyl (C=O) groups is 3. The first kappa shape index (κ1) is 25.2. The highest BCUT2D eigenvalue weighted by Gasteiger charge is 2.34. The quantitative estimate of drug-likeness (QED) is 0.314. The first-order valence-electron chi connectivity index (χ1n) is 10.4. The van der Waals surface area contributed by atoms with Crippen molar-refractivity contribution in [2.24, 2.45) is 0 Å². The molecule has 0 atom stereocenters. The second kappa shape index (κ2) is 10.8. The molecule has 1 fully saturated rings. The minimum atomic E-state index is -0.580. The minimum Gasteiger partial charge on any atom is -0.493 e. The summed E-state index contributed by atoms with van der Waals surface area (Å²) in [6.45, 7) is -0.409. The molecule has 1 heterocycles. The highest BCUT2D eigenvalue weighted by molar-refractivity contribution is 9.10. The Kier molecular flexibility index (Phi) is 7.56. The molecule has 0 aliphatic carbocycles. The van der Waals surface area contributed by atoms with E-state index < -0.39 is 30.1 Å². The van der Waals surface area contributed by atoms with Gasteiger partial charge in [0, 0.05) is 10.2 Å². The lowest BCUT2D eigenvalue weighted by Gasteiger charge is -2.15. The second-order valence-corrected chi connectivity index (χ2v) is 8.61. The average Bonchev–Trinajstić information content (AvgIpc) is 3.16. The predicted octanol–water partition coefficient (Wildman–Crippen LogP) is 4.73. The lowest BCUT2D eigenvalue weighted by molar-refractivity contribution is -0.118. The molecule has 2 N–H and O–H groups in total. The number of ether oxygens (including phenoxy) is 2. The summed E-state index contributed by atoms with van der Waals surface area (Å²) in [5.41, 5.74) is 3.71. The van der Waals surface area contributed by atoms with Crippen LogP contribution in [-0.2, 0) is 14.4 Å². The van der Waals surface area contributed by atoms with Crippen molar-refractivity contribution in [2.45, 2.75) is 0 Å². The normalized spacial score (nSPS) is 14.1. The molecule has 36 heavy (non-hydrogen) atoms. The van der Waals surface area contributed by atoms with E-state index in [4.69, 9.17) is 21.1 Å². The van der Waals surface area contributed by atoms with Gasteiger partial charge in [-0.3, -0.25) is 19.8 Å². The fraction of sp³-hybridized carbons (Fsp3) is 0.0800. The number of halogens is 3. The van der Waals surface area contributed by atoms with Crippen LogP contribution in [0.25, 0.3) is 6.08 Å². The molecule has 0 unspecified atom stereocenters. The van der Waals surface area contributed by atoms with E-state index in [9.17, 15) is 18.8 Å². The highest BCUT2D eigenvalue weighted by Crippen LogP contribution is 2.43. The number of hydrogen-bond acceptors (Lipinski definition) is 5. The molecule has 8 nitrogen and oxygen atoms in total. The van der Waals surface area contributed by atoms with Gasteiger partial charge in [-0.2, -0.15) is 0 Å². The minimum absolute atomic E-state index is 0.0709. The van der Waals surface area contributed by atoms with Gasteiger partial charge in [0.05, 0.1) is 12.8 Å². The van der Waals surface area contributed by atoms with Gasteiger partial charge in [0.15, 0.2) is 18.1 Å². The van der Waals surface area contributed by atoms with E-state index >= 15 is 0 Å². The van der Waals surface area contributed by atoms with Crippen LogP contribution in [0, 0.1) is 5.82 Å². The van der Waals surface area contributed by atoms with Crippen molar-refractivity contribution in [3.8, 4) is 11.5 Å². The number of anilines is 2. The molecule has 3 aromatic rings. The zero-order valence-electron chi connectivity index (χ0n) is 18.7. The van der Waals surface area contributed by atoms with Crippen molar-refractivity contribution in [3.05, 3.63) is 87.1 Å². The molecule has 3 aromatic carbocycles. The number of para-hydroxylation sites is 1. The summed E-state index contributed by atoms with van der Waals surface area (Å²) in [5.74, 6) is -1.79. The number of amides is 3. The smallest absolute Gasteiger partial charge is 0.282 e. The summed E-state index contributed by atoms with van der Waals surface area (Å²) < 4.78 is 24.3. The topological polar surface area (TPSA) is 97.0 Å². The molecule has 0 saturated carbocycles. The van der Waals surface area contributed by atoms with Crippen LogP contribution in [0.4, 0.5) is 15.8 Å². The van der Waals surface area contributed by atoms with E-state index in [1.807, 2.05) is 0 Å². The number of hydrazine groups is 1. The molecule has 0 radical (unpaired) electrons. The standard InChI is InChI=1S/C25H18BrClFN3O5/c1-35-19-12-14(11-18-24(33)30-31(25(18)34)17-5-3-2-4-6-17)21(26)22(27)23(19)36-13-20(32)29-16-9-7-15(28)8-10-16/h2-12H,13H2,1H3,(H,29,32)(H,30,33)/b18-11-. The Morgan fingerprint density at radius 3 is 2.53 bits per heavy atom. The Morgan fingerprint density at radius 2 is 1.86 bits per heavy atom. The molecule has 1 saturated heterocycles. The zero-order valence-corrected chi connectivity index (χ0v) is 21.0. The summed E-state index contributed by atoms with van der Waals surface area (Å²) in [5, 5.41) is 3.80. The molecule has 11 heteroatoms. The SMILES string of the molecule is COc1cc(/C=C2/C(=O)NN(c3ccccc3)C2=O)c(Br)c(Cl)c1OCC(=O)Nc1ccc(F)cc1. The monoisotopic (exact) mass is 573 g/mol. The van der Waals surface area contributed by atoms with E-state index in [-0.39, 0.29) is 22.1 Å². The molecule has 0 bridgehead atoms. The van der Waals surface area contributed by atoms with Crippen LogP contribution >= 0.6 is 27.5 Å². The number of carbonyl (C=O) groups excluding carboxylic acids is 3. The average molecular weight is 575 g/mol. The molecule has 1 aliphatic rings. The predicted molar refractivity (Wildman–Crippen MR) is 136 cm³/mol. The Balaban J connectivity index is 1.55. The summed E-state index contributed by atoms with van der Waals surface area (Å²) in [6.07, 6.45) is 1.38. The van der Waals surface area contributed by atoms with Gasteiger partial charge in [-0.25, -0.2) is 9.40 Å². The Labute approximate surface area is 218 Å². The third-order valence-electron chi connectivity index (χ3n) is 5.06. The summed E-state index contributed by atoms with van der Waals surface area (Å²) in [7, 11) is 1.38. The van der Waals surface area contributed by atoms with E-state index in [1.54, 1.807) is 30.3 Å². The van der Waals surface area contributed by atoms with Crippen molar-refractivity contribution in [2.75, 3.05) is 24.0 Å². The molecule has 4 rings (SSSR count). The molecule has 3 amide bonds. The van der Waals surface area contributed by atoms with E-state index in [0.717, 1.165) is 5.01 Å². The molecular formula is C25H18BrClFN3O5. The molecule has 1 aliphatic heterocycles. The first-order chi connectivity index (χ1) is 17.3. The van der Waals surface area contributed by atoms with E-state index in [2.05, 4.69) is 26.7 Å². The van der Waals surface area contributed by atoms with Crippen LogP contribution in [0.3, 0.4) is 0 Å². The van der Waals surface area contributed by atoms with Crippen molar-refractivity contribution in [3.63, 3.8) is 0 Å². The van der Waals surface area contributed by atoms with E-state index in [0.29, 0.717) is 21.4 Å². The van der Waals surface area contributed by atoms with Crippen molar-refractivity contribution >= 4 is 62.7 Å². The van der Waals surface area contributed by atoms with Crippen LogP contribution < -0.4 is 25.2 Å². The molecule has 0 aromatic heterocycles. The molecule has 0 spiro atoms. The molecule has 184 valence electrons. The van der Waals surface area contributed by atoms with Gasteiger partial charge < -0.3 is 14.8 Å². The number of rotatable bonds is 7. The first-order valence-corrected chi connectivity index (χ1v) is 11.6.